The third kappa shape index (κ3) is 1.34. The molecule has 4 heteroatoms. The van der Waals surface area contributed by atoms with Crippen LogP contribution in [0.5, 0.6) is 0 Å². The van der Waals surface area contributed by atoms with E-state index in [-0.39, 0.29) is 0 Å². The Morgan fingerprint density at radius 2 is 2.60 bits per heavy atom. The van der Waals surface area contributed by atoms with Gasteiger partial charge in [0.25, 0.3) is 0 Å². The molecule has 10 heavy (non-hydrogen) atoms. The van der Waals surface area contributed by atoms with Gasteiger partial charge in [-0.05, 0) is 12.5 Å². The van der Waals surface area contributed by atoms with Crippen LogP contribution in [0.2, 0.25) is 0 Å². The second-order valence-electron chi connectivity index (χ2n) is 2.05. The van der Waals surface area contributed by atoms with Crippen LogP contribution in [0.15, 0.2) is 17.1 Å². The zero-order chi connectivity index (χ0) is 7.56. The lowest BCUT2D eigenvalue weighted by Crippen LogP contribution is -2.24. The molecule has 0 aromatic carbocycles. The fraction of sp³-hybridized carbons (Fsp3) is 0.333. The molecule has 1 aliphatic rings. The summed E-state index contributed by atoms with van der Waals surface area (Å²) in [5.74, 6) is -0.633. The summed E-state index contributed by atoms with van der Waals surface area (Å²) in [6, 6.07) is -0.676. The fourth-order valence-electron chi connectivity index (χ4n) is 0.749. The summed E-state index contributed by atoms with van der Waals surface area (Å²) >= 11 is 0. The Morgan fingerprint density at radius 1 is 1.90 bits per heavy atom. The van der Waals surface area contributed by atoms with E-state index < -0.39 is 12.0 Å². The van der Waals surface area contributed by atoms with E-state index in [4.69, 9.17) is 10.8 Å². The average Bonchev–Trinajstić information content (AvgIpc) is 1.88. The lowest BCUT2D eigenvalue weighted by molar-refractivity contribution is -0.138. The van der Waals surface area contributed by atoms with Gasteiger partial charge in [-0.25, -0.2) is 4.79 Å². The highest BCUT2D eigenvalue weighted by Gasteiger charge is 2.16. The Bertz CT molecular complexity index is 208. The smallest absolute Gasteiger partial charge is 0.328 e. The topological polar surface area (TPSA) is 75.7 Å². The number of nitrogens with two attached hydrogens (primary N) is 1. The molecule has 1 aliphatic heterocycles. The van der Waals surface area contributed by atoms with E-state index in [1.807, 2.05) is 0 Å². The molecule has 0 aliphatic carbocycles. The first-order chi connectivity index (χ1) is 4.70. The van der Waals surface area contributed by atoms with E-state index in [0.29, 0.717) is 12.3 Å². The van der Waals surface area contributed by atoms with Gasteiger partial charge in [0.15, 0.2) is 6.04 Å². The molecular weight excluding hydrogens is 132 g/mol. The van der Waals surface area contributed by atoms with Crippen LogP contribution in [0.25, 0.3) is 0 Å². The molecule has 3 N–H and O–H groups in total. The first-order valence-corrected chi connectivity index (χ1v) is 2.93. The summed E-state index contributed by atoms with van der Waals surface area (Å²) in [6.45, 7) is 0. The maximum atomic E-state index is 10.3. The number of carbonyl (C=O) groups is 1. The SMILES string of the molecule is NC1=N[C@H](C(=O)O)CC=C1. The van der Waals surface area contributed by atoms with Gasteiger partial charge in [-0.3, -0.25) is 4.99 Å². The first-order valence-electron chi connectivity index (χ1n) is 2.93. The summed E-state index contributed by atoms with van der Waals surface area (Å²) < 4.78 is 0. The van der Waals surface area contributed by atoms with Gasteiger partial charge in [-0.1, -0.05) is 6.08 Å². The Hall–Kier alpha value is -1.32. The molecule has 0 radical (unpaired) electrons. The number of hydrogen-bond donors (Lipinski definition) is 2. The number of amidine groups is 1. The Labute approximate surface area is 58.1 Å². The minimum Gasteiger partial charge on any atom is -0.480 e. The maximum absolute atomic E-state index is 10.3. The minimum absolute atomic E-state index is 0.290. The molecule has 0 spiro atoms. The highest BCUT2D eigenvalue weighted by atomic mass is 16.4. The second kappa shape index (κ2) is 2.51. The van der Waals surface area contributed by atoms with E-state index >= 15 is 0 Å². The van der Waals surface area contributed by atoms with Crippen LogP contribution in [0.1, 0.15) is 6.42 Å². The summed E-state index contributed by atoms with van der Waals surface area (Å²) in [4.78, 5) is 14.0. The van der Waals surface area contributed by atoms with Gasteiger partial charge in [0.1, 0.15) is 5.84 Å². The van der Waals surface area contributed by atoms with Crippen molar-refractivity contribution >= 4 is 11.8 Å². The van der Waals surface area contributed by atoms with Crippen molar-refractivity contribution in [2.45, 2.75) is 12.5 Å². The largest absolute Gasteiger partial charge is 0.480 e. The molecule has 0 aromatic rings. The average molecular weight is 140 g/mol. The molecule has 0 amide bonds. The van der Waals surface area contributed by atoms with Gasteiger partial charge in [0.2, 0.25) is 0 Å². The lowest BCUT2D eigenvalue weighted by Gasteiger charge is -2.08. The Morgan fingerprint density at radius 3 is 3.00 bits per heavy atom. The molecule has 0 unspecified atom stereocenters. The monoisotopic (exact) mass is 140 g/mol. The lowest BCUT2D eigenvalue weighted by atomic mass is 10.1. The number of rotatable bonds is 1. The van der Waals surface area contributed by atoms with E-state index in [0.717, 1.165) is 0 Å². The quantitative estimate of drug-likeness (QED) is 0.527. The van der Waals surface area contributed by atoms with E-state index in [1.54, 1.807) is 12.2 Å². The Kier molecular flexibility index (Phi) is 1.71. The fourth-order valence-corrected chi connectivity index (χ4v) is 0.749. The van der Waals surface area contributed by atoms with Crippen LogP contribution in [-0.2, 0) is 4.79 Å². The zero-order valence-corrected chi connectivity index (χ0v) is 5.32. The summed E-state index contributed by atoms with van der Waals surface area (Å²) in [5, 5.41) is 8.46. The molecule has 54 valence electrons. The van der Waals surface area contributed by atoms with Crippen LogP contribution in [-0.4, -0.2) is 23.0 Å². The maximum Gasteiger partial charge on any atom is 0.328 e. The van der Waals surface area contributed by atoms with E-state index in [2.05, 4.69) is 4.99 Å². The molecule has 4 nitrogen and oxygen atoms in total. The van der Waals surface area contributed by atoms with Crippen LogP contribution >= 0.6 is 0 Å². The minimum atomic E-state index is -0.924. The highest BCUT2D eigenvalue weighted by molar-refractivity contribution is 5.94. The van der Waals surface area contributed by atoms with Crippen molar-refractivity contribution in [2.75, 3.05) is 0 Å². The van der Waals surface area contributed by atoms with Crippen LogP contribution in [0.4, 0.5) is 0 Å². The van der Waals surface area contributed by atoms with Gasteiger partial charge in [-0.15, -0.1) is 0 Å². The zero-order valence-electron chi connectivity index (χ0n) is 5.32. The van der Waals surface area contributed by atoms with E-state index in [9.17, 15) is 4.79 Å². The number of aliphatic carboxylic acids is 1. The Balaban J connectivity index is 2.69. The van der Waals surface area contributed by atoms with Crippen LogP contribution in [0.3, 0.4) is 0 Å². The summed E-state index contributed by atoms with van der Waals surface area (Å²) in [7, 11) is 0. The number of hydrogen-bond acceptors (Lipinski definition) is 3. The third-order valence-electron chi connectivity index (χ3n) is 1.24. The molecule has 0 saturated carbocycles. The van der Waals surface area contributed by atoms with Crippen molar-refractivity contribution in [1.29, 1.82) is 0 Å². The normalized spacial score (nSPS) is 24.0. The standard InChI is InChI=1S/C6H8N2O2/c7-5-3-1-2-4(8-5)6(9)10/h1,3-4H,2H2,(H2,7,8)(H,9,10)/t4-/m0/s1. The first kappa shape index (κ1) is 6.80. The molecule has 0 saturated heterocycles. The molecular formula is C6H8N2O2. The van der Waals surface area contributed by atoms with Crippen molar-refractivity contribution < 1.29 is 9.90 Å². The molecule has 1 atom stereocenters. The second-order valence-corrected chi connectivity index (χ2v) is 2.05. The van der Waals surface area contributed by atoms with Crippen molar-refractivity contribution in [1.82, 2.24) is 0 Å². The number of nitrogens with zero attached hydrogens (tertiary/aromatic N) is 1. The number of carboxylic acid groups (broad SMARTS) is 1. The van der Waals surface area contributed by atoms with Crippen molar-refractivity contribution in [3.8, 4) is 0 Å². The third-order valence-corrected chi connectivity index (χ3v) is 1.24. The molecule has 1 heterocycles. The molecule has 0 fully saturated rings. The molecule has 0 aromatic heterocycles. The summed E-state index contributed by atoms with van der Waals surface area (Å²) in [5.41, 5.74) is 5.26. The predicted octanol–water partition coefficient (Wildman–Crippen LogP) is -0.243. The van der Waals surface area contributed by atoms with Gasteiger partial charge in [0, 0.05) is 0 Å². The number of carboxylic acids is 1. The summed E-state index contributed by atoms with van der Waals surface area (Å²) in [6.07, 6.45) is 3.76. The van der Waals surface area contributed by atoms with E-state index in [1.165, 1.54) is 0 Å². The van der Waals surface area contributed by atoms with Gasteiger partial charge in [-0.2, -0.15) is 0 Å². The van der Waals surface area contributed by atoms with Gasteiger partial charge in [0.05, 0.1) is 0 Å². The predicted molar refractivity (Wildman–Crippen MR) is 36.8 cm³/mol. The van der Waals surface area contributed by atoms with Crippen molar-refractivity contribution in [2.24, 2.45) is 10.7 Å². The number of aliphatic imine (C=N–C) groups is 1. The van der Waals surface area contributed by atoms with Gasteiger partial charge < -0.3 is 10.8 Å². The van der Waals surface area contributed by atoms with Crippen molar-refractivity contribution in [3.63, 3.8) is 0 Å². The van der Waals surface area contributed by atoms with Gasteiger partial charge >= 0.3 is 5.97 Å². The van der Waals surface area contributed by atoms with Crippen LogP contribution in [0, 0.1) is 0 Å². The highest BCUT2D eigenvalue weighted by Crippen LogP contribution is 2.04. The van der Waals surface area contributed by atoms with Crippen molar-refractivity contribution in [3.05, 3.63) is 12.2 Å². The van der Waals surface area contributed by atoms with Crippen LogP contribution < -0.4 is 5.73 Å². The molecule has 0 bridgehead atoms. The number of dihydropyridines is 1. The molecule has 1 rings (SSSR count).